The highest BCUT2D eigenvalue weighted by molar-refractivity contribution is 5.83. The van der Waals surface area contributed by atoms with E-state index in [1.807, 2.05) is 36.7 Å². The normalized spacial score (nSPS) is 11.1. The fraction of sp³-hybridized carbons (Fsp3) is 0.133. The average Bonchev–Trinajstić information content (AvgIpc) is 2.69. The highest BCUT2D eigenvalue weighted by Crippen LogP contribution is 2.28. The molecule has 0 bridgehead atoms. The zero-order chi connectivity index (χ0) is 13.6. The monoisotopic (exact) mass is 255 g/mol. The minimum absolute atomic E-state index is 0.313. The van der Waals surface area contributed by atoms with Gasteiger partial charge >= 0.3 is 0 Å². The number of hydrogen-bond donors (Lipinski definition) is 1. The number of nitrogen functional groups attached to an aromatic ring is 1. The van der Waals surface area contributed by atoms with Crippen LogP contribution in [0.5, 0.6) is 0 Å². The van der Waals surface area contributed by atoms with Gasteiger partial charge in [0.1, 0.15) is 11.6 Å². The SMILES string of the molecule is Cc1ccc2c(c1)nc(-c1cc(F)ccc1N)n2C. The van der Waals surface area contributed by atoms with Crippen LogP contribution in [-0.4, -0.2) is 9.55 Å². The summed E-state index contributed by atoms with van der Waals surface area (Å²) in [7, 11) is 1.91. The number of halogens is 1. The molecule has 0 saturated heterocycles. The number of anilines is 1. The van der Waals surface area contributed by atoms with Gasteiger partial charge in [-0.3, -0.25) is 0 Å². The van der Waals surface area contributed by atoms with Gasteiger partial charge in [0.2, 0.25) is 0 Å². The van der Waals surface area contributed by atoms with Crippen LogP contribution in [0.3, 0.4) is 0 Å². The van der Waals surface area contributed by atoms with Crippen LogP contribution in [0, 0.1) is 12.7 Å². The smallest absolute Gasteiger partial charge is 0.143 e. The van der Waals surface area contributed by atoms with E-state index in [9.17, 15) is 4.39 Å². The van der Waals surface area contributed by atoms with E-state index in [1.54, 1.807) is 6.07 Å². The molecule has 19 heavy (non-hydrogen) atoms. The second-order valence-corrected chi connectivity index (χ2v) is 4.72. The minimum Gasteiger partial charge on any atom is -0.398 e. The Morgan fingerprint density at radius 1 is 1.16 bits per heavy atom. The van der Waals surface area contributed by atoms with Crippen LogP contribution in [0.1, 0.15) is 5.56 Å². The Balaban J connectivity index is 2.30. The largest absolute Gasteiger partial charge is 0.398 e. The Labute approximate surface area is 110 Å². The van der Waals surface area contributed by atoms with Crippen molar-refractivity contribution >= 4 is 16.7 Å². The van der Waals surface area contributed by atoms with Crippen LogP contribution in [0.4, 0.5) is 10.1 Å². The molecule has 1 heterocycles. The van der Waals surface area contributed by atoms with Crippen molar-refractivity contribution in [2.75, 3.05) is 5.73 Å². The molecule has 1 aromatic heterocycles. The quantitative estimate of drug-likeness (QED) is 0.678. The van der Waals surface area contributed by atoms with Crippen molar-refractivity contribution in [1.29, 1.82) is 0 Å². The van der Waals surface area contributed by atoms with Gasteiger partial charge in [-0.15, -0.1) is 0 Å². The molecule has 0 radical (unpaired) electrons. The van der Waals surface area contributed by atoms with Crippen molar-refractivity contribution in [3.63, 3.8) is 0 Å². The maximum atomic E-state index is 13.4. The molecule has 96 valence electrons. The number of nitrogens with two attached hydrogens (primary N) is 1. The van der Waals surface area contributed by atoms with Crippen molar-refractivity contribution in [1.82, 2.24) is 9.55 Å². The predicted molar refractivity (Wildman–Crippen MR) is 75.3 cm³/mol. The average molecular weight is 255 g/mol. The van der Waals surface area contributed by atoms with Crippen molar-refractivity contribution in [3.05, 3.63) is 47.8 Å². The summed E-state index contributed by atoms with van der Waals surface area (Å²) in [6.07, 6.45) is 0. The first-order chi connectivity index (χ1) is 9.06. The third kappa shape index (κ3) is 1.85. The van der Waals surface area contributed by atoms with Gasteiger partial charge in [-0.1, -0.05) is 6.07 Å². The van der Waals surface area contributed by atoms with Crippen LogP contribution in [-0.2, 0) is 7.05 Å². The molecule has 3 rings (SSSR count). The van der Waals surface area contributed by atoms with E-state index in [1.165, 1.54) is 12.1 Å². The van der Waals surface area contributed by atoms with Crippen LogP contribution in [0.15, 0.2) is 36.4 Å². The maximum Gasteiger partial charge on any atom is 0.143 e. The number of fused-ring (bicyclic) bond motifs is 1. The molecule has 4 heteroatoms. The summed E-state index contributed by atoms with van der Waals surface area (Å²) in [6.45, 7) is 2.02. The van der Waals surface area contributed by atoms with E-state index in [2.05, 4.69) is 4.98 Å². The number of aryl methyl sites for hydroxylation is 2. The molecule has 0 aliphatic carbocycles. The van der Waals surface area contributed by atoms with Gasteiger partial charge in [0.25, 0.3) is 0 Å². The van der Waals surface area contributed by atoms with E-state index in [0.717, 1.165) is 16.6 Å². The van der Waals surface area contributed by atoms with Crippen molar-refractivity contribution in [3.8, 4) is 11.4 Å². The minimum atomic E-state index is -0.313. The topological polar surface area (TPSA) is 43.8 Å². The Kier molecular flexibility index (Phi) is 2.52. The highest BCUT2D eigenvalue weighted by atomic mass is 19.1. The summed E-state index contributed by atoms with van der Waals surface area (Å²) in [5.41, 5.74) is 10.1. The molecule has 0 aliphatic heterocycles. The Morgan fingerprint density at radius 2 is 1.95 bits per heavy atom. The molecule has 2 aromatic carbocycles. The van der Waals surface area contributed by atoms with Gasteiger partial charge in [-0.25, -0.2) is 9.37 Å². The number of rotatable bonds is 1. The highest BCUT2D eigenvalue weighted by Gasteiger charge is 2.13. The standard InChI is InChI=1S/C15H14FN3/c1-9-3-6-14-13(7-9)18-15(19(14)2)11-8-10(16)4-5-12(11)17/h3-8H,17H2,1-2H3. The lowest BCUT2D eigenvalue weighted by molar-refractivity contribution is 0.628. The molecule has 0 spiro atoms. The molecule has 2 N–H and O–H groups in total. The number of benzene rings is 2. The predicted octanol–water partition coefficient (Wildman–Crippen LogP) is 3.27. The zero-order valence-corrected chi connectivity index (χ0v) is 10.8. The lowest BCUT2D eigenvalue weighted by Gasteiger charge is -2.06. The molecule has 3 aromatic rings. The number of hydrogen-bond acceptors (Lipinski definition) is 2. The summed E-state index contributed by atoms with van der Waals surface area (Å²) >= 11 is 0. The summed E-state index contributed by atoms with van der Waals surface area (Å²) in [5, 5.41) is 0. The van der Waals surface area contributed by atoms with E-state index in [4.69, 9.17) is 5.73 Å². The second-order valence-electron chi connectivity index (χ2n) is 4.72. The molecule has 0 fully saturated rings. The van der Waals surface area contributed by atoms with Crippen LogP contribution < -0.4 is 5.73 Å². The first-order valence-corrected chi connectivity index (χ1v) is 6.05. The summed E-state index contributed by atoms with van der Waals surface area (Å²) in [6, 6.07) is 10.4. The van der Waals surface area contributed by atoms with Crippen molar-refractivity contribution < 1.29 is 4.39 Å². The number of nitrogens with zero attached hydrogens (tertiary/aromatic N) is 2. The summed E-state index contributed by atoms with van der Waals surface area (Å²) < 4.78 is 15.3. The zero-order valence-electron chi connectivity index (χ0n) is 10.8. The first-order valence-electron chi connectivity index (χ1n) is 6.05. The van der Waals surface area contributed by atoms with E-state index in [0.29, 0.717) is 17.1 Å². The molecule has 3 nitrogen and oxygen atoms in total. The maximum absolute atomic E-state index is 13.4. The summed E-state index contributed by atoms with van der Waals surface area (Å²) in [5.74, 6) is 0.366. The third-order valence-electron chi connectivity index (χ3n) is 3.29. The Hall–Kier alpha value is -2.36. The third-order valence-corrected chi connectivity index (χ3v) is 3.29. The van der Waals surface area contributed by atoms with Gasteiger partial charge in [0.05, 0.1) is 11.0 Å². The van der Waals surface area contributed by atoms with Gasteiger partial charge in [0, 0.05) is 18.3 Å². The molecule has 0 saturated carbocycles. The van der Waals surface area contributed by atoms with E-state index < -0.39 is 0 Å². The molecular formula is C15H14FN3. The lowest BCUT2D eigenvalue weighted by atomic mass is 10.1. The number of aromatic nitrogens is 2. The van der Waals surface area contributed by atoms with Gasteiger partial charge in [-0.2, -0.15) is 0 Å². The fourth-order valence-electron chi connectivity index (χ4n) is 2.27. The first kappa shape index (κ1) is 11.7. The van der Waals surface area contributed by atoms with Crippen LogP contribution in [0.25, 0.3) is 22.4 Å². The molecule has 0 atom stereocenters. The van der Waals surface area contributed by atoms with Crippen molar-refractivity contribution in [2.24, 2.45) is 7.05 Å². The summed E-state index contributed by atoms with van der Waals surface area (Å²) in [4.78, 5) is 4.56. The Bertz CT molecular complexity index is 774. The Morgan fingerprint density at radius 3 is 2.74 bits per heavy atom. The van der Waals surface area contributed by atoms with E-state index >= 15 is 0 Å². The van der Waals surface area contributed by atoms with E-state index in [-0.39, 0.29) is 5.82 Å². The molecule has 0 amide bonds. The molecule has 0 aliphatic rings. The second kappa shape index (κ2) is 4.09. The van der Waals surface area contributed by atoms with Crippen LogP contribution >= 0.6 is 0 Å². The van der Waals surface area contributed by atoms with Gasteiger partial charge < -0.3 is 10.3 Å². The molecule has 0 unspecified atom stereocenters. The van der Waals surface area contributed by atoms with Gasteiger partial charge in [0.15, 0.2) is 0 Å². The van der Waals surface area contributed by atoms with Crippen molar-refractivity contribution in [2.45, 2.75) is 6.92 Å². The fourth-order valence-corrected chi connectivity index (χ4v) is 2.27. The molecular weight excluding hydrogens is 241 g/mol. The number of imidazole rings is 1. The van der Waals surface area contributed by atoms with Gasteiger partial charge in [-0.05, 0) is 42.8 Å². The lowest BCUT2D eigenvalue weighted by Crippen LogP contribution is -1.97. The van der Waals surface area contributed by atoms with Crippen LogP contribution in [0.2, 0.25) is 0 Å².